The van der Waals surface area contributed by atoms with Crippen LogP contribution in [0.25, 0.3) is 0 Å². The summed E-state index contributed by atoms with van der Waals surface area (Å²) in [5.74, 6) is -1.80. The lowest BCUT2D eigenvalue weighted by atomic mass is 9.85. The molecule has 18 heavy (non-hydrogen) atoms. The fraction of sp³-hybridized carbons (Fsp3) is 0.750. The Morgan fingerprint density at radius 3 is 2.22 bits per heavy atom. The molecule has 0 aromatic carbocycles. The van der Waals surface area contributed by atoms with Crippen LogP contribution in [0, 0.1) is 5.41 Å². The standard InChI is InChI=1S/C12H21NO5/c1-5-8(11(17)18-4)13-9(14)6-12(2,3)7-10(15)16/h8H,5-7H2,1-4H3,(H,13,14)(H,15,16). The number of hydrogen-bond acceptors (Lipinski definition) is 4. The normalized spacial score (nSPS) is 12.7. The summed E-state index contributed by atoms with van der Waals surface area (Å²) >= 11 is 0. The molecule has 0 aromatic heterocycles. The maximum Gasteiger partial charge on any atom is 0.328 e. The maximum atomic E-state index is 11.7. The van der Waals surface area contributed by atoms with Gasteiger partial charge in [-0.2, -0.15) is 0 Å². The zero-order valence-corrected chi connectivity index (χ0v) is 11.3. The molecule has 0 radical (unpaired) electrons. The van der Waals surface area contributed by atoms with Gasteiger partial charge in [-0.15, -0.1) is 0 Å². The zero-order chi connectivity index (χ0) is 14.3. The quantitative estimate of drug-likeness (QED) is 0.664. The smallest absolute Gasteiger partial charge is 0.328 e. The van der Waals surface area contributed by atoms with Crippen molar-refractivity contribution in [3.63, 3.8) is 0 Å². The van der Waals surface area contributed by atoms with E-state index in [0.717, 1.165) is 0 Å². The van der Waals surface area contributed by atoms with Gasteiger partial charge in [0.05, 0.1) is 13.5 Å². The molecule has 0 aliphatic heterocycles. The number of carbonyl (C=O) groups is 3. The van der Waals surface area contributed by atoms with Crippen LogP contribution >= 0.6 is 0 Å². The first-order chi connectivity index (χ1) is 8.21. The summed E-state index contributed by atoms with van der Waals surface area (Å²) in [6.45, 7) is 5.14. The summed E-state index contributed by atoms with van der Waals surface area (Å²) < 4.78 is 4.55. The maximum absolute atomic E-state index is 11.7. The van der Waals surface area contributed by atoms with Crippen molar-refractivity contribution in [1.29, 1.82) is 0 Å². The summed E-state index contributed by atoms with van der Waals surface area (Å²) in [6.07, 6.45) is 0.375. The van der Waals surface area contributed by atoms with E-state index in [4.69, 9.17) is 5.11 Å². The SMILES string of the molecule is CCC(NC(=O)CC(C)(C)CC(=O)O)C(=O)OC. The van der Waals surface area contributed by atoms with Gasteiger partial charge in [-0.3, -0.25) is 9.59 Å². The molecule has 0 aliphatic carbocycles. The van der Waals surface area contributed by atoms with E-state index >= 15 is 0 Å². The van der Waals surface area contributed by atoms with Crippen LogP contribution in [-0.2, 0) is 19.1 Å². The molecule has 1 amide bonds. The molecule has 0 saturated heterocycles. The molecule has 1 unspecified atom stereocenters. The molecular formula is C12H21NO5. The highest BCUT2D eigenvalue weighted by Crippen LogP contribution is 2.24. The lowest BCUT2D eigenvalue weighted by molar-refractivity contribution is -0.146. The van der Waals surface area contributed by atoms with Crippen molar-refractivity contribution in [2.24, 2.45) is 5.41 Å². The molecule has 0 aromatic rings. The van der Waals surface area contributed by atoms with E-state index in [0.29, 0.717) is 6.42 Å². The number of ether oxygens (including phenoxy) is 1. The predicted octanol–water partition coefficient (Wildman–Crippen LogP) is 0.945. The van der Waals surface area contributed by atoms with Crippen LogP contribution in [0.2, 0.25) is 0 Å². The number of rotatable bonds is 7. The first kappa shape index (κ1) is 16.4. The summed E-state index contributed by atoms with van der Waals surface area (Å²) in [7, 11) is 1.26. The van der Waals surface area contributed by atoms with Crippen LogP contribution in [0.3, 0.4) is 0 Å². The lowest BCUT2D eigenvalue weighted by Gasteiger charge is -2.23. The highest BCUT2D eigenvalue weighted by Gasteiger charge is 2.27. The molecule has 0 fully saturated rings. The van der Waals surface area contributed by atoms with Crippen LogP contribution in [0.15, 0.2) is 0 Å². The number of nitrogens with one attached hydrogen (secondary N) is 1. The average molecular weight is 259 g/mol. The largest absolute Gasteiger partial charge is 0.481 e. The third kappa shape index (κ3) is 6.22. The molecule has 0 rings (SSSR count). The number of amides is 1. The molecule has 0 bridgehead atoms. The third-order valence-corrected chi connectivity index (χ3v) is 2.50. The Balaban J connectivity index is 4.41. The van der Waals surface area contributed by atoms with Gasteiger partial charge in [0.2, 0.25) is 5.91 Å². The fourth-order valence-corrected chi connectivity index (χ4v) is 1.62. The summed E-state index contributed by atoms with van der Waals surface area (Å²) in [6, 6.07) is -0.678. The summed E-state index contributed by atoms with van der Waals surface area (Å²) in [4.78, 5) is 33.6. The topological polar surface area (TPSA) is 92.7 Å². The molecule has 0 aliphatic rings. The van der Waals surface area contributed by atoms with Crippen molar-refractivity contribution in [3.05, 3.63) is 0 Å². The van der Waals surface area contributed by atoms with Crippen molar-refractivity contribution in [1.82, 2.24) is 5.32 Å². The minimum absolute atomic E-state index is 0.0484. The summed E-state index contributed by atoms with van der Waals surface area (Å²) in [5.41, 5.74) is -0.648. The predicted molar refractivity (Wildman–Crippen MR) is 64.9 cm³/mol. The Morgan fingerprint density at radius 2 is 1.83 bits per heavy atom. The van der Waals surface area contributed by atoms with Gasteiger partial charge in [-0.25, -0.2) is 4.79 Å². The van der Waals surface area contributed by atoms with Gasteiger partial charge in [0.1, 0.15) is 6.04 Å². The second-order valence-electron chi connectivity index (χ2n) is 4.96. The number of carbonyl (C=O) groups excluding carboxylic acids is 2. The Hall–Kier alpha value is -1.59. The molecule has 104 valence electrons. The second-order valence-corrected chi connectivity index (χ2v) is 4.96. The van der Waals surface area contributed by atoms with Crippen LogP contribution in [0.1, 0.15) is 40.0 Å². The first-order valence-corrected chi connectivity index (χ1v) is 5.81. The van der Waals surface area contributed by atoms with E-state index in [1.807, 2.05) is 0 Å². The minimum Gasteiger partial charge on any atom is -0.481 e. The Morgan fingerprint density at radius 1 is 1.28 bits per heavy atom. The van der Waals surface area contributed by atoms with Crippen LogP contribution in [-0.4, -0.2) is 36.1 Å². The van der Waals surface area contributed by atoms with Crippen molar-refractivity contribution >= 4 is 17.8 Å². The van der Waals surface area contributed by atoms with Gasteiger partial charge in [-0.05, 0) is 11.8 Å². The molecule has 0 saturated carbocycles. The van der Waals surface area contributed by atoms with Crippen LogP contribution in [0.4, 0.5) is 0 Å². The number of methoxy groups -OCH3 is 1. The number of carboxylic acids is 1. The fourth-order valence-electron chi connectivity index (χ4n) is 1.62. The monoisotopic (exact) mass is 259 g/mol. The Kier molecular flexibility index (Phi) is 6.36. The lowest BCUT2D eigenvalue weighted by Crippen LogP contribution is -2.42. The van der Waals surface area contributed by atoms with Crippen molar-refractivity contribution in [2.45, 2.75) is 46.1 Å². The van der Waals surface area contributed by atoms with Gasteiger partial charge in [-0.1, -0.05) is 20.8 Å². The van der Waals surface area contributed by atoms with E-state index in [1.54, 1.807) is 20.8 Å². The average Bonchev–Trinajstić information content (AvgIpc) is 2.21. The summed E-state index contributed by atoms with van der Waals surface area (Å²) in [5, 5.41) is 11.3. The molecule has 0 heterocycles. The van der Waals surface area contributed by atoms with E-state index in [1.165, 1.54) is 7.11 Å². The van der Waals surface area contributed by atoms with E-state index in [9.17, 15) is 14.4 Å². The third-order valence-electron chi connectivity index (χ3n) is 2.50. The van der Waals surface area contributed by atoms with Crippen molar-refractivity contribution in [3.8, 4) is 0 Å². The van der Waals surface area contributed by atoms with Gasteiger partial charge in [0, 0.05) is 6.42 Å². The Labute approximate surface area is 107 Å². The van der Waals surface area contributed by atoms with E-state index < -0.39 is 23.4 Å². The highest BCUT2D eigenvalue weighted by molar-refractivity contribution is 5.85. The molecule has 6 heteroatoms. The second kappa shape index (κ2) is 6.98. The van der Waals surface area contributed by atoms with E-state index in [-0.39, 0.29) is 18.7 Å². The van der Waals surface area contributed by atoms with Gasteiger partial charge in [0.25, 0.3) is 0 Å². The van der Waals surface area contributed by atoms with Gasteiger partial charge < -0.3 is 15.2 Å². The highest BCUT2D eigenvalue weighted by atomic mass is 16.5. The first-order valence-electron chi connectivity index (χ1n) is 5.81. The van der Waals surface area contributed by atoms with Gasteiger partial charge in [0.15, 0.2) is 0 Å². The van der Waals surface area contributed by atoms with Crippen LogP contribution in [0.5, 0.6) is 0 Å². The number of hydrogen-bond donors (Lipinski definition) is 2. The number of esters is 1. The zero-order valence-electron chi connectivity index (χ0n) is 11.3. The van der Waals surface area contributed by atoms with E-state index in [2.05, 4.69) is 10.1 Å². The van der Waals surface area contributed by atoms with Crippen molar-refractivity contribution < 1.29 is 24.2 Å². The Bertz CT molecular complexity index is 324. The molecule has 0 spiro atoms. The molecular weight excluding hydrogens is 238 g/mol. The van der Waals surface area contributed by atoms with Crippen molar-refractivity contribution in [2.75, 3.05) is 7.11 Å². The molecule has 1 atom stereocenters. The molecule has 6 nitrogen and oxygen atoms in total. The minimum atomic E-state index is -0.951. The number of carboxylic acid groups (broad SMARTS) is 1. The molecule has 2 N–H and O–H groups in total. The van der Waals surface area contributed by atoms with Crippen LogP contribution < -0.4 is 5.32 Å². The number of aliphatic carboxylic acids is 1. The van der Waals surface area contributed by atoms with Gasteiger partial charge >= 0.3 is 11.9 Å².